The number of carbonyl (C=O) groups is 1. The molecule has 3 aromatic rings. The number of nitrogens with zero attached hydrogens (tertiary/aromatic N) is 2. The van der Waals surface area contributed by atoms with Gasteiger partial charge in [-0.3, -0.25) is 4.79 Å². The molecular weight excluding hydrogens is 374 g/mol. The largest absolute Gasteiger partial charge is 0.497 e. The molecule has 0 saturated heterocycles. The third kappa shape index (κ3) is 5.62. The number of hydrogen-bond donors (Lipinski definition) is 1. The Morgan fingerprint density at radius 1 is 1.13 bits per heavy atom. The van der Waals surface area contributed by atoms with Crippen LogP contribution in [0.3, 0.4) is 0 Å². The molecule has 0 spiro atoms. The molecule has 0 fully saturated rings. The summed E-state index contributed by atoms with van der Waals surface area (Å²) in [6.07, 6.45) is 5.22. The Bertz CT molecular complexity index is 964. The number of aromatic nitrogens is 2. The lowest BCUT2D eigenvalue weighted by Crippen LogP contribution is -2.24. The first-order chi connectivity index (χ1) is 14.6. The summed E-state index contributed by atoms with van der Waals surface area (Å²) < 4.78 is 7.58. The SMILES string of the molecule is CCC(C)Cn1c(CCCCCNC(=O)c2cccc(OC)c2)nc2ccccc21. The van der Waals surface area contributed by atoms with Crippen LogP contribution in [0.4, 0.5) is 0 Å². The van der Waals surface area contributed by atoms with E-state index in [-0.39, 0.29) is 5.91 Å². The van der Waals surface area contributed by atoms with E-state index >= 15 is 0 Å². The molecule has 0 aliphatic carbocycles. The van der Waals surface area contributed by atoms with Gasteiger partial charge < -0.3 is 14.6 Å². The summed E-state index contributed by atoms with van der Waals surface area (Å²) in [6, 6.07) is 15.6. The predicted octanol–water partition coefficient (Wildman–Crippen LogP) is 5.23. The van der Waals surface area contributed by atoms with E-state index in [2.05, 4.69) is 48.0 Å². The number of amides is 1. The number of hydrogen-bond acceptors (Lipinski definition) is 3. The highest BCUT2D eigenvalue weighted by molar-refractivity contribution is 5.94. The normalized spacial score (nSPS) is 12.1. The molecule has 30 heavy (non-hydrogen) atoms. The zero-order valence-electron chi connectivity index (χ0n) is 18.4. The molecule has 3 rings (SSSR count). The van der Waals surface area contributed by atoms with E-state index in [0.29, 0.717) is 23.8 Å². The van der Waals surface area contributed by atoms with E-state index in [1.807, 2.05) is 12.1 Å². The second kappa shape index (κ2) is 10.8. The Labute approximate surface area is 179 Å². The molecule has 1 atom stereocenters. The highest BCUT2D eigenvalue weighted by Gasteiger charge is 2.12. The van der Waals surface area contributed by atoms with E-state index in [1.54, 1.807) is 19.2 Å². The van der Waals surface area contributed by atoms with Crippen molar-refractivity contribution >= 4 is 16.9 Å². The second-order valence-corrected chi connectivity index (χ2v) is 7.94. The van der Waals surface area contributed by atoms with Crippen LogP contribution in [0.25, 0.3) is 11.0 Å². The number of nitrogens with one attached hydrogen (secondary N) is 1. The van der Waals surface area contributed by atoms with Gasteiger partial charge in [0.2, 0.25) is 0 Å². The van der Waals surface area contributed by atoms with Gasteiger partial charge >= 0.3 is 0 Å². The monoisotopic (exact) mass is 407 g/mol. The maximum atomic E-state index is 12.3. The molecule has 0 bridgehead atoms. The molecule has 160 valence electrons. The van der Waals surface area contributed by atoms with Gasteiger partial charge in [0, 0.05) is 25.1 Å². The number of carbonyl (C=O) groups excluding carboxylic acids is 1. The van der Waals surface area contributed by atoms with Crippen LogP contribution in [0.5, 0.6) is 5.75 Å². The van der Waals surface area contributed by atoms with Crippen LogP contribution in [-0.4, -0.2) is 29.1 Å². The smallest absolute Gasteiger partial charge is 0.251 e. The van der Waals surface area contributed by atoms with E-state index in [4.69, 9.17) is 9.72 Å². The van der Waals surface area contributed by atoms with Crippen LogP contribution in [0.1, 0.15) is 55.7 Å². The number of methoxy groups -OCH3 is 1. The fourth-order valence-corrected chi connectivity index (χ4v) is 3.61. The Morgan fingerprint density at radius 2 is 1.97 bits per heavy atom. The van der Waals surface area contributed by atoms with Crippen molar-refractivity contribution in [2.24, 2.45) is 5.92 Å². The summed E-state index contributed by atoms with van der Waals surface area (Å²) >= 11 is 0. The van der Waals surface area contributed by atoms with Crippen molar-refractivity contribution in [3.8, 4) is 5.75 Å². The predicted molar refractivity (Wildman–Crippen MR) is 122 cm³/mol. The summed E-state index contributed by atoms with van der Waals surface area (Å²) in [5.74, 6) is 2.46. The maximum absolute atomic E-state index is 12.3. The quantitative estimate of drug-likeness (QED) is 0.443. The van der Waals surface area contributed by atoms with Gasteiger partial charge in [0.05, 0.1) is 18.1 Å². The first kappa shape index (κ1) is 21.9. The standard InChI is InChI=1S/C25H33N3O2/c1-4-19(2)18-28-23-14-8-7-13-22(23)27-24(28)15-6-5-9-16-26-25(29)20-11-10-12-21(17-20)30-3/h7-8,10-14,17,19H,4-6,9,15-16,18H2,1-3H3,(H,26,29). The van der Waals surface area contributed by atoms with Gasteiger partial charge in [0.25, 0.3) is 5.91 Å². The summed E-state index contributed by atoms with van der Waals surface area (Å²) in [5.41, 5.74) is 2.95. The Morgan fingerprint density at radius 3 is 2.77 bits per heavy atom. The van der Waals surface area contributed by atoms with Crippen molar-refractivity contribution in [1.29, 1.82) is 0 Å². The number of ether oxygens (including phenoxy) is 1. The number of aryl methyl sites for hydroxylation is 1. The minimum atomic E-state index is -0.0516. The van der Waals surface area contributed by atoms with Crippen molar-refractivity contribution in [3.05, 3.63) is 59.9 Å². The van der Waals surface area contributed by atoms with E-state index in [9.17, 15) is 4.79 Å². The first-order valence-electron chi connectivity index (χ1n) is 11.0. The molecule has 0 aliphatic heterocycles. The molecule has 1 aromatic heterocycles. The average molecular weight is 408 g/mol. The highest BCUT2D eigenvalue weighted by Crippen LogP contribution is 2.20. The second-order valence-electron chi connectivity index (χ2n) is 7.94. The van der Waals surface area contributed by atoms with Gasteiger partial charge in [0.15, 0.2) is 0 Å². The van der Waals surface area contributed by atoms with Crippen LogP contribution >= 0.6 is 0 Å². The summed E-state index contributed by atoms with van der Waals surface area (Å²) in [6.45, 7) is 6.23. The minimum absolute atomic E-state index is 0.0516. The molecule has 1 unspecified atom stereocenters. The van der Waals surface area contributed by atoms with Crippen molar-refractivity contribution < 1.29 is 9.53 Å². The van der Waals surface area contributed by atoms with Gasteiger partial charge in [-0.25, -0.2) is 4.98 Å². The summed E-state index contributed by atoms with van der Waals surface area (Å²) in [7, 11) is 1.61. The average Bonchev–Trinajstić information content (AvgIpc) is 3.13. The van der Waals surface area contributed by atoms with E-state index in [1.165, 1.54) is 17.8 Å². The number of para-hydroxylation sites is 2. The molecule has 0 saturated carbocycles. The molecule has 1 N–H and O–H groups in total. The number of fused-ring (bicyclic) bond motifs is 1. The van der Waals surface area contributed by atoms with Crippen molar-refractivity contribution in [1.82, 2.24) is 14.9 Å². The summed E-state index contributed by atoms with van der Waals surface area (Å²) in [4.78, 5) is 17.1. The maximum Gasteiger partial charge on any atom is 0.251 e. The van der Waals surface area contributed by atoms with Crippen molar-refractivity contribution in [2.45, 2.75) is 52.5 Å². The molecule has 5 heteroatoms. The molecule has 5 nitrogen and oxygen atoms in total. The van der Waals surface area contributed by atoms with Crippen LogP contribution in [0.2, 0.25) is 0 Å². The zero-order valence-corrected chi connectivity index (χ0v) is 18.4. The van der Waals surface area contributed by atoms with Crippen molar-refractivity contribution in [3.63, 3.8) is 0 Å². The molecular formula is C25H33N3O2. The Hall–Kier alpha value is -2.82. The van der Waals surface area contributed by atoms with Crippen molar-refractivity contribution in [2.75, 3.05) is 13.7 Å². The van der Waals surface area contributed by atoms with Crippen LogP contribution in [0, 0.1) is 5.92 Å². The fourth-order valence-electron chi connectivity index (χ4n) is 3.61. The number of imidazole rings is 1. The third-order valence-electron chi connectivity index (χ3n) is 5.62. The van der Waals surface area contributed by atoms with E-state index < -0.39 is 0 Å². The Kier molecular flexibility index (Phi) is 7.89. The van der Waals surface area contributed by atoms with Gasteiger partial charge in [-0.15, -0.1) is 0 Å². The molecule has 1 heterocycles. The molecule has 0 aliphatic rings. The van der Waals surface area contributed by atoms with Gasteiger partial charge in [-0.05, 0) is 49.1 Å². The van der Waals surface area contributed by atoms with Crippen LogP contribution < -0.4 is 10.1 Å². The first-order valence-corrected chi connectivity index (χ1v) is 11.0. The molecule has 0 radical (unpaired) electrons. The van der Waals surface area contributed by atoms with Gasteiger partial charge in [-0.2, -0.15) is 0 Å². The zero-order chi connectivity index (χ0) is 21.3. The molecule has 2 aromatic carbocycles. The fraction of sp³-hybridized carbons (Fsp3) is 0.440. The lowest BCUT2D eigenvalue weighted by molar-refractivity contribution is 0.0952. The minimum Gasteiger partial charge on any atom is -0.497 e. The highest BCUT2D eigenvalue weighted by atomic mass is 16.5. The van der Waals surface area contributed by atoms with Crippen LogP contribution in [0.15, 0.2) is 48.5 Å². The number of benzene rings is 2. The Balaban J connectivity index is 1.48. The summed E-state index contributed by atoms with van der Waals surface area (Å²) in [5, 5.41) is 3.00. The topological polar surface area (TPSA) is 56.2 Å². The van der Waals surface area contributed by atoms with Gasteiger partial charge in [-0.1, -0.05) is 44.9 Å². The number of rotatable bonds is 11. The van der Waals surface area contributed by atoms with E-state index in [0.717, 1.165) is 37.7 Å². The lowest BCUT2D eigenvalue weighted by Gasteiger charge is -2.14. The third-order valence-corrected chi connectivity index (χ3v) is 5.62. The van der Waals surface area contributed by atoms with Gasteiger partial charge in [0.1, 0.15) is 11.6 Å². The van der Waals surface area contributed by atoms with Crippen LogP contribution in [-0.2, 0) is 13.0 Å². The lowest BCUT2D eigenvalue weighted by atomic mass is 10.1. The number of unbranched alkanes of at least 4 members (excludes halogenated alkanes) is 2. The molecule has 1 amide bonds.